The van der Waals surface area contributed by atoms with Crippen molar-refractivity contribution < 1.29 is 9.53 Å². The molecule has 1 amide bonds. The highest BCUT2D eigenvalue weighted by Gasteiger charge is 2.20. The third kappa shape index (κ3) is 2.35. The normalized spacial score (nSPS) is 20.6. The monoisotopic (exact) mass is 219 g/mol. The second-order valence-electron chi connectivity index (χ2n) is 4.22. The lowest BCUT2D eigenvalue weighted by Crippen LogP contribution is -2.33. The molecule has 1 heterocycles. The van der Waals surface area contributed by atoms with Crippen molar-refractivity contribution >= 4 is 6.41 Å². The molecule has 0 aromatic heterocycles. The van der Waals surface area contributed by atoms with Gasteiger partial charge in [0.05, 0.1) is 7.11 Å². The van der Waals surface area contributed by atoms with Gasteiger partial charge in [-0.15, -0.1) is 0 Å². The van der Waals surface area contributed by atoms with Crippen LogP contribution in [0.15, 0.2) is 24.3 Å². The summed E-state index contributed by atoms with van der Waals surface area (Å²) in [4.78, 5) is 12.6. The van der Waals surface area contributed by atoms with Crippen molar-refractivity contribution in [2.24, 2.45) is 0 Å². The van der Waals surface area contributed by atoms with Gasteiger partial charge in [0.1, 0.15) is 5.75 Å². The predicted octanol–water partition coefficient (Wildman–Crippen LogP) is 2.03. The number of rotatable bonds is 3. The maximum absolute atomic E-state index is 10.8. The van der Waals surface area contributed by atoms with Crippen molar-refractivity contribution in [3.63, 3.8) is 0 Å². The second kappa shape index (κ2) is 5.01. The lowest BCUT2D eigenvalue weighted by molar-refractivity contribution is -0.119. The third-order valence-electron chi connectivity index (χ3n) is 3.17. The maximum atomic E-state index is 10.8. The van der Waals surface area contributed by atoms with E-state index in [0.29, 0.717) is 5.92 Å². The molecule has 86 valence electrons. The van der Waals surface area contributed by atoms with Gasteiger partial charge in [0.25, 0.3) is 0 Å². The summed E-state index contributed by atoms with van der Waals surface area (Å²) in [6.45, 7) is 1.72. The molecule has 3 heteroatoms. The Morgan fingerprint density at radius 2 is 2.38 bits per heavy atom. The zero-order valence-electron chi connectivity index (χ0n) is 9.56. The Kier molecular flexibility index (Phi) is 3.44. The minimum absolute atomic E-state index is 0.453. The van der Waals surface area contributed by atoms with Crippen LogP contribution in [-0.2, 0) is 4.79 Å². The number of hydrogen-bond acceptors (Lipinski definition) is 2. The summed E-state index contributed by atoms with van der Waals surface area (Å²) in [6, 6.07) is 8.14. The first-order valence-electron chi connectivity index (χ1n) is 5.67. The minimum Gasteiger partial charge on any atom is -0.497 e. The van der Waals surface area contributed by atoms with Crippen LogP contribution in [0.3, 0.4) is 0 Å². The van der Waals surface area contributed by atoms with Gasteiger partial charge < -0.3 is 9.64 Å². The molecule has 1 aliphatic rings. The Bertz CT molecular complexity index is 365. The van der Waals surface area contributed by atoms with E-state index in [4.69, 9.17) is 4.74 Å². The minimum atomic E-state index is 0.453. The summed E-state index contributed by atoms with van der Waals surface area (Å²) < 4.78 is 5.22. The molecule has 1 unspecified atom stereocenters. The maximum Gasteiger partial charge on any atom is 0.209 e. The first-order chi connectivity index (χ1) is 7.83. The highest BCUT2D eigenvalue weighted by atomic mass is 16.5. The molecule has 16 heavy (non-hydrogen) atoms. The van der Waals surface area contributed by atoms with Crippen LogP contribution in [0, 0.1) is 0 Å². The van der Waals surface area contributed by atoms with E-state index in [1.54, 1.807) is 7.11 Å². The van der Waals surface area contributed by atoms with Gasteiger partial charge in [-0.2, -0.15) is 0 Å². The van der Waals surface area contributed by atoms with Crippen LogP contribution in [-0.4, -0.2) is 31.5 Å². The van der Waals surface area contributed by atoms with Crippen molar-refractivity contribution in [3.8, 4) is 5.75 Å². The van der Waals surface area contributed by atoms with E-state index in [9.17, 15) is 4.79 Å². The van der Waals surface area contributed by atoms with Gasteiger partial charge in [-0.1, -0.05) is 12.1 Å². The number of piperidine rings is 1. The van der Waals surface area contributed by atoms with Gasteiger partial charge in [0, 0.05) is 19.0 Å². The Hall–Kier alpha value is -1.51. The molecular weight excluding hydrogens is 202 g/mol. The van der Waals surface area contributed by atoms with E-state index in [-0.39, 0.29) is 0 Å². The number of amides is 1. The molecule has 0 saturated carbocycles. The van der Waals surface area contributed by atoms with Crippen LogP contribution in [0.2, 0.25) is 0 Å². The molecule has 3 nitrogen and oxygen atoms in total. The van der Waals surface area contributed by atoms with E-state index in [2.05, 4.69) is 12.1 Å². The quantitative estimate of drug-likeness (QED) is 0.728. The molecule has 0 spiro atoms. The van der Waals surface area contributed by atoms with E-state index in [1.165, 1.54) is 5.56 Å². The summed E-state index contributed by atoms with van der Waals surface area (Å²) in [5.41, 5.74) is 1.27. The zero-order valence-corrected chi connectivity index (χ0v) is 9.56. The fourth-order valence-corrected chi connectivity index (χ4v) is 2.27. The van der Waals surface area contributed by atoms with Crippen molar-refractivity contribution in [3.05, 3.63) is 29.8 Å². The highest BCUT2D eigenvalue weighted by Crippen LogP contribution is 2.28. The van der Waals surface area contributed by atoms with Gasteiger partial charge in [-0.3, -0.25) is 4.79 Å². The first-order valence-corrected chi connectivity index (χ1v) is 5.67. The largest absolute Gasteiger partial charge is 0.497 e. The van der Waals surface area contributed by atoms with Gasteiger partial charge in [0.2, 0.25) is 6.41 Å². The average molecular weight is 219 g/mol. The summed E-state index contributed by atoms with van der Waals surface area (Å²) in [7, 11) is 1.68. The molecule has 1 fully saturated rings. The zero-order chi connectivity index (χ0) is 11.4. The molecular formula is C13H17NO2. The van der Waals surface area contributed by atoms with Crippen molar-refractivity contribution in [2.75, 3.05) is 20.2 Å². The van der Waals surface area contributed by atoms with E-state index in [1.807, 2.05) is 17.0 Å². The van der Waals surface area contributed by atoms with E-state index < -0.39 is 0 Å². The third-order valence-corrected chi connectivity index (χ3v) is 3.17. The van der Waals surface area contributed by atoms with Crippen molar-refractivity contribution in [1.82, 2.24) is 4.90 Å². The van der Waals surface area contributed by atoms with Crippen LogP contribution >= 0.6 is 0 Å². The number of ether oxygens (including phenoxy) is 1. The Morgan fingerprint density at radius 3 is 3.12 bits per heavy atom. The van der Waals surface area contributed by atoms with E-state index >= 15 is 0 Å². The van der Waals surface area contributed by atoms with Crippen molar-refractivity contribution in [2.45, 2.75) is 18.8 Å². The number of methoxy groups -OCH3 is 1. The van der Waals surface area contributed by atoms with Crippen LogP contribution in [0.4, 0.5) is 0 Å². The highest BCUT2D eigenvalue weighted by molar-refractivity contribution is 5.47. The smallest absolute Gasteiger partial charge is 0.209 e. The number of hydrogen-bond donors (Lipinski definition) is 0. The molecule has 1 atom stereocenters. The average Bonchev–Trinajstić information content (AvgIpc) is 2.39. The van der Waals surface area contributed by atoms with Crippen LogP contribution < -0.4 is 4.74 Å². The molecule has 0 aliphatic carbocycles. The van der Waals surface area contributed by atoms with Gasteiger partial charge in [-0.05, 0) is 30.5 Å². The molecule has 0 bridgehead atoms. The number of carbonyl (C=O) groups is 1. The van der Waals surface area contributed by atoms with Gasteiger partial charge in [-0.25, -0.2) is 0 Å². The Morgan fingerprint density at radius 1 is 1.50 bits per heavy atom. The molecule has 0 N–H and O–H groups in total. The van der Waals surface area contributed by atoms with Crippen LogP contribution in [0.1, 0.15) is 24.3 Å². The lowest BCUT2D eigenvalue weighted by atomic mass is 9.91. The summed E-state index contributed by atoms with van der Waals surface area (Å²) in [6.07, 6.45) is 3.18. The Balaban J connectivity index is 2.13. The molecule has 1 saturated heterocycles. The fraction of sp³-hybridized carbons (Fsp3) is 0.462. The molecule has 1 aromatic rings. The molecule has 1 aliphatic heterocycles. The van der Waals surface area contributed by atoms with E-state index in [0.717, 1.165) is 38.1 Å². The predicted molar refractivity (Wildman–Crippen MR) is 62.6 cm³/mol. The van der Waals surface area contributed by atoms with Crippen LogP contribution in [0.5, 0.6) is 5.75 Å². The molecule has 1 aromatic carbocycles. The summed E-state index contributed by atoms with van der Waals surface area (Å²) >= 11 is 0. The molecule has 2 rings (SSSR count). The fourth-order valence-electron chi connectivity index (χ4n) is 2.27. The topological polar surface area (TPSA) is 29.5 Å². The number of nitrogens with zero attached hydrogens (tertiary/aromatic N) is 1. The lowest BCUT2D eigenvalue weighted by Gasteiger charge is -2.30. The van der Waals surface area contributed by atoms with Crippen LogP contribution in [0.25, 0.3) is 0 Å². The van der Waals surface area contributed by atoms with Crippen molar-refractivity contribution in [1.29, 1.82) is 0 Å². The standard InChI is InChI=1S/C13H17NO2/c1-16-13-6-2-4-11(8-13)12-5-3-7-14(9-12)10-15/h2,4,6,8,10,12H,3,5,7,9H2,1H3. The first kappa shape index (κ1) is 11.0. The summed E-state index contributed by atoms with van der Waals surface area (Å²) in [5.74, 6) is 1.34. The second-order valence-corrected chi connectivity index (χ2v) is 4.22. The molecule has 0 radical (unpaired) electrons. The van der Waals surface area contributed by atoms with Gasteiger partial charge >= 0.3 is 0 Å². The number of likely N-dealkylation sites (tertiary alicyclic amines) is 1. The SMILES string of the molecule is COc1cccc(C2CCCN(C=O)C2)c1. The number of benzene rings is 1. The van der Waals surface area contributed by atoms with Gasteiger partial charge in [0.15, 0.2) is 0 Å². The number of carbonyl (C=O) groups excluding carboxylic acids is 1. The summed E-state index contributed by atoms with van der Waals surface area (Å²) in [5, 5.41) is 0. The Labute approximate surface area is 96.0 Å².